The number of thiophene rings is 1. The number of nitrogens with zero attached hydrogens (tertiary/aromatic N) is 2. The average Bonchev–Trinajstić information content (AvgIpc) is 3.46. The van der Waals surface area contributed by atoms with Gasteiger partial charge in [-0.05, 0) is 36.4 Å². The maximum Gasteiger partial charge on any atom is 0.105 e. The predicted octanol–water partition coefficient (Wildman–Crippen LogP) is 7.76. The van der Waals surface area contributed by atoms with Crippen LogP contribution in [0.3, 0.4) is 0 Å². The van der Waals surface area contributed by atoms with Gasteiger partial charge in [-0.3, -0.25) is 0 Å². The van der Waals surface area contributed by atoms with Crippen LogP contribution in [-0.4, -0.2) is 9.55 Å². The van der Waals surface area contributed by atoms with Gasteiger partial charge in [0, 0.05) is 30.9 Å². The molecular weight excluding hydrogens is 392 g/mol. The third-order valence-electron chi connectivity index (χ3n) is 5.75. The first-order valence-corrected chi connectivity index (χ1v) is 11.3. The molecule has 0 spiro atoms. The first-order chi connectivity index (χ1) is 14.4. The van der Waals surface area contributed by atoms with Crippen LogP contribution in [0.25, 0.3) is 57.9 Å². The third-order valence-corrected chi connectivity index (χ3v) is 7.68. The lowest BCUT2D eigenvalue weighted by molar-refractivity contribution is 1.19. The van der Waals surface area contributed by atoms with Crippen molar-refractivity contribution in [2.75, 3.05) is 0 Å². The summed E-state index contributed by atoms with van der Waals surface area (Å²) in [7, 11) is 0. The lowest BCUT2D eigenvalue weighted by Gasteiger charge is -2.08. The average molecular weight is 407 g/mol. The number of hydrogen-bond donors (Lipinski definition) is 0. The lowest BCUT2D eigenvalue weighted by atomic mass is 10.1. The second-order valence-corrected chi connectivity index (χ2v) is 9.26. The highest BCUT2D eigenvalue weighted by molar-refractivity contribution is 7.25. The molecule has 0 aliphatic carbocycles. The predicted molar refractivity (Wildman–Crippen MR) is 127 cm³/mol. The van der Waals surface area contributed by atoms with Crippen LogP contribution in [0.15, 0.2) is 84.4 Å². The summed E-state index contributed by atoms with van der Waals surface area (Å²) >= 11 is 3.57. The van der Waals surface area contributed by atoms with Crippen molar-refractivity contribution in [1.82, 2.24) is 9.55 Å². The van der Waals surface area contributed by atoms with Crippen LogP contribution in [0, 0.1) is 0 Å². The summed E-state index contributed by atoms with van der Waals surface area (Å²) in [6, 6.07) is 28.6. The Labute approximate surface area is 174 Å². The SMILES string of the molecule is c1cc(-n2c3ccccc3c3cc4sc5ccccc5c4cc32)c2ncsc2c1. The molecule has 4 heteroatoms. The number of thiazole rings is 1. The normalized spacial score (nSPS) is 12.1. The van der Waals surface area contributed by atoms with E-state index in [1.54, 1.807) is 11.3 Å². The molecule has 0 amide bonds. The van der Waals surface area contributed by atoms with Crippen LogP contribution >= 0.6 is 22.7 Å². The Morgan fingerprint density at radius 1 is 0.621 bits per heavy atom. The lowest BCUT2D eigenvalue weighted by Crippen LogP contribution is -1.94. The van der Waals surface area contributed by atoms with Gasteiger partial charge in [-0.15, -0.1) is 22.7 Å². The molecule has 0 unspecified atom stereocenters. The van der Waals surface area contributed by atoms with E-state index in [4.69, 9.17) is 4.98 Å². The molecule has 7 rings (SSSR count). The number of benzene rings is 4. The molecule has 0 bridgehead atoms. The quantitative estimate of drug-likeness (QED) is 0.272. The van der Waals surface area contributed by atoms with Gasteiger partial charge in [0.1, 0.15) is 5.52 Å². The molecule has 0 fully saturated rings. The monoisotopic (exact) mass is 406 g/mol. The van der Waals surface area contributed by atoms with Crippen LogP contribution in [0.1, 0.15) is 0 Å². The van der Waals surface area contributed by atoms with E-state index in [-0.39, 0.29) is 0 Å². The summed E-state index contributed by atoms with van der Waals surface area (Å²) in [6.07, 6.45) is 0. The number of rotatable bonds is 1. The molecular formula is C25H14N2S2. The fraction of sp³-hybridized carbons (Fsp3) is 0. The van der Waals surface area contributed by atoms with Gasteiger partial charge in [0.15, 0.2) is 0 Å². The number of hydrogen-bond acceptors (Lipinski definition) is 3. The molecule has 136 valence electrons. The smallest absolute Gasteiger partial charge is 0.105 e. The topological polar surface area (TPSA) is 17.8 Å². The Bertz CT molecular complexity index is 1720. The van der Waals surface area contributed by atoms with Crippen molar-refractivity contribution < 1.29 is 0 Å². The summed E-state index contributed by atoms with van der Waals surface area (Å²) in [5.41, 5.74) is 6.61. The van der Waals surface area contributed by atoms with Crippen molar-refractivity contribution in [3.8, 4) is 5.69 Å². The molecule has 3 aromatic heterocycles. The second kappa shape index (κ2) is 5.66. The summed E-state index contributed by atoms with van der Waals surface area (Å²) in [4.78, 5) is 4.69. The van der Waals surface area contributed by atoms with Gasteiger partial charge in [0.25, 0.3) is 0 Å². The molecule has 0 saturated heterocycles. The number of fused-ring (bicyclic) bond motifs is 7. The van der Waals surface area contributed by atoms with Gasteiger partial charge >= 0.3 is 0 Å². The molecule has 3 heterocycles. The van der Waals surface area contributed by atoms with E-state index < -0.39 is 0 Å². The molecule has 0 aliphatic heterocycles. The minimum absolute atomic E-state index is 1.07. The summed E-state index contributed by atoms with van der Waals surface area (Å²) in [6.45, 7) is 0. The molecule has 2 nitrogen and oxygen atoms in total. The molecule has 0 radical (unpaired) electrons. The largest absolute Gasteiger partial charge is 0.307 e. The standard InChI is InChI=1S/C25H14N2S2/c1-3-8-19-15(6-1)17-13-24-18(16-7-2-4-10-22(16)29-24)12-21(17)27(19)20-9-5-11-23-25(20)26-14-28-23/h1-14H. The molecule has 0 N–H and O–H groups in total. The van der Waals surface area contributed by atoms with E-state index in [0.717, 1.165) is 11.2 Å². The number of aromatic nitrogens is 2. The van der Waals surface area contributed by atoms with Crippen LogP contribution in [0.4, 0.5) is 0 Å². The van der Waals surface area contributed by atoms with Crippen molar-refractivity contribution in [3.05, 3.63) is 84.4 Å². The van der Waals surface area contributed by atoms with Gasteiger partial charge < -0.3 is 4.57 Å². The minimum Gasteiger partial charge on any atom is -0.307 e. The first-order valence-electron chi connectivity index (χ1n) is 9.55. The maximum absolute atomic E-state index is 4.69. The Kier molecular flexibility index (Phi) is 3.06. The Morgan fingerprint density at radius 3 is 2.41 bits per heavy atom. The zero-order valence-electron chi connectivity index (χ0n) is 15.3. The maximum atomic E-state index is 4.69. The highest BCUT2D eigenvalue weighted by Gasteiger charge is 2.17. The summed E-state index contributed by atoms with van der Waals surface area (Å²) < 4.78 is 6.29. The van der Waals surface area contributed by atoms with Crippen LogP contribution in [0.2, 0.25) is 0 Å². The van der Waals surface area contributed by atoms with Gasteiger partial charge in [-0.25, -0.2) is 4.98 Å². The molecule has 0 saturated carbocycles. The Morgan fingerprint density at radius 2 is 1.45 bits per heavy atom. The zero-order chi connectivity index (χ0) is 18.9. The Hall–Kier alpha value is -3.21. The zero-order valence-corrected chi connectivity index (χ0v) is 16.9. The first kappa shape index (κ1) is 15.7. The highest BCUT2D eigenvalue weighted by Crippen LogP contribution is 2.41. The van der Waals surface area contributed by atoms with Gasteiger partial charge in [-0.1, -0.05) is 42.5 Å². The molecule has 0 aliphatic rings. The van der Waals surface area contributed by atoms with Crippen molar-refractivity contribution in [2.24, 2.45) is 0 Å². The second-order valence-electron chi connectivity index (χ2n) is 7.29. The molecule has 7 aromatic rings. The van der Waals surface area contributed by atoms with E-state index in [9.17, 15) is 0 Å². The fourth-order valence-electron chi connectivity index (χ4n) is 4.50. The van der Waals surface area contributed by atoms with E-state index in [1.165, 1.54) is 46.7 Å². The summed E-state index contributed by atoms with van der Waals surface area (Å²) in [5, 5.41) is 5.24. The van der Waals surface area contributed by atoms with E-state index in [1.807, 2.05) is 16.8 Å². The van der Waals surface area contributed by atoms with Crippen molar-refractivity contribution >= 4 is 74.9 Å². The van der Waals surface area contributed by atoms with Crippen molar-refractivity contribution in [1.29, 1.82) is 0 Å². The van der Waals surface area contributed by atoms with Gasteiger partial charge in [0.2, 0.25) is 0 Å². The third kappa shape index (κ3) is 2.07. The molecule has 29 heavy (non-hydrogen) atoms. The van der Waals surface area contributed by atoms with Crippen LogP contribution < -0.4 is 0 Å². The summed E-state index contributed by atoms with van der Waals surface area (Å²) in [5.74, 6) is 0. The Balaban J connectivity index is 1.73. The van der Waals surface area contributed by atoms with Crippen LogP contribution in [0.5, 0.6) is 0 Å². The van der Waals surface area contributed by atoms with Crippen molar-refractivity contribution in [3.63, 3.8) is 0 Å². The molecule has 4 aromatic carbocycles. The highest BCUT2D eigenvalue weighted by atomic mass is 32.1. The van der Waals surface area contributed by atoms with E-state index in [2.05, 4.69) is 83.4 Å². The van der Waals surface area contributed by atoms with E-state index >= 15 is 0 Å². The van der Waals surface area contributed by atoms with E-state index in [0.29, 0.717) is 0 Å². The van der Waals surface area contributed by atoms with Gasteiger partial charge in [0.05, 0.1) is 26.9 Å². The number of para-hydroxylation sites is 2. The minimum atomic E-state index is 1.07. The van der Waals surface area contributed by atoms with Crippen molar-refractivity contribution in [2.45, 2.75) is 0 Å². The fourth-order valence-corrected chi connectivity index (χ4v) is 6.32. The van der Waals surface area contributed by atoms with Crippen LogP contribution in [-0.2, 0) is 0 Å². The molecule has 0 atom stereocenters. The van der Waals surface area contributed by atoms with Gasteiger partial charge in [-0.2, -0.15) is 0 Å².